The number of hydrogen-bond donors (Lipinski definition) is 0. The van der Waals surface area contributed by atoms with Crippen LogP contribution in [0.15, 0.2) is 78.4 Å². The Morgan fingerprint density at radius 3 is 2.55 bits per heavy atom. The van der Waals surface area contributed by atoms with Crippen molar-refractivity contribution in [3.05, 3.63) is 111 Å². The molecule has 0 spiro atoms. The Balaban J connectivity index is 1.66. The van der Waals surface area contributed by atoms with Crippen LogP contribution in [0.5, 0.6) is 5.75 Å². The Labute approximate surface area is 230 Å². The predicted molar refractivity (Wildman–Crippen MR) is 157 cm³/mol. The standard InChI is InChI=1S/C34H33ClO3/c1-4-28(29-16-15-27(37-3)21-32(29)35)34(23-13-10-22(11-14-23)12-17-33(36)38-5-2)31-19-25-9-7-6-8-24(25)18-26-20-30(26)31/h6-17,19,21,26,30H,4-5,18,20H2,1-3H3/b17-12+,34-28+/t26-,30?/m0/s1. The minimum Gasteiger partial charge on any atom is -0.497 e. The number of esters is 1. The van der Waals surface area contributed by atoms with Gasteiger partial charge in [-0.3, -0.25) is 0 Å². The van der Waals surface area contributed by atoms with Gasteiger partial charge in [0.15, 0.2) is 0 Å². The van der Waals surface area contributed by atoms with Gasteiger partial charge in [-0.05, 0) is 107 Å². The zero-order valence-electron chi connectivity index (χ0n) is 22.2. The van der Waals surface area contributed by atoms with Crippen LogP contribution in [0.2, 0.25) is 5.02 Å². The molecule has 0 aliphatic heterocycles. The van der Waals surface area contributed by atoms with Crippen molar-refractivity contribution in [2.24, 2.45) is 11.8 Å². The monoisotopic (exact) mass is 524 g/mol. The van der Waals surface area contributed by atoms with Crippen LogP contribution in [0, 0.1) is 11.8 Å². The van der Waals surface area contributed by atoms with Crippen LogP contribution < -0.4 is 4.74 Å². The highest BCUT2D eigenvalue weighted by Gasteiger charge is 2.43. The fourth-order valence-corrected chi connectivity index (χ4v) is 5.81. The molecular weight excluding hydrogens is 492 g/mol. The van der Waals surface area contributed by atoms with Crippen LogP contribution in [-0.4, -0.2) is 19.7 Å². The SMILES string of the molecule is CCOC(=O)/C=C/c1ccc(/C(C2=Cc3ccccc3C[C@H]3CC23)=C(/CC)c2ccc(OC)cc2Cl)cc1. The van der Waals surface area contributed by atoms with Crippen LogP contribution in [0.1, 0.15) is 54.5 Å². The zero-order valence-corrected chi connectivity index (χ0v) is 22.9. The largest absolute Gasteiger partial charge is 0.497 e. The van der Waals surface area contributed by atoms with Crippen LogP contribution in [0.4, 0.5) is 0 Å². The number of carbonyl (C=O) groups is 1. The lowest BCUT2D eigenvalue weighted by Gasteiger charge is -2.20. The van der Waals surface area contributed by atoms with Gasteiger partial charge in [0.1, 0.15) is 5.75 Å². The molecule has 2 aliphatic rings. The third-order valence-corrected chi connectivity index (χ3v) is 7.83. The van der Waals surface area contributed by atoms with E-state index in [9.17, 15) is 4.79 Å². The van der Waals surface area contributed by atoms with Crippen LogP contribution in [-0.2, 0) is 16.0 Å². The first kappa shape index (κ1) is 26.1. The molecule has 3 aromatic carbocycles. The van der Waals surface area contributed by atoms with E-state index in [1.54, 1.807) is 20.1 Å². The lowest BCUT2D eigenvalue weighted by molar-refractivity contribution is -0.137. The molecule has 2 aliphatic carbocycles. The summed E-state index contributed by atoms with van der Waals surface area (Å²) in [6.07, 6.45) is 8.84. The van der Waals surface area contributed by atoms with Crippen LogP contribution in [0.25, 0.3) is 23.3 Å². The average molecular weight is 525 g/mol. The molecule has 0 amide bonds. The molecule has 1 unspecified atom stereocenters. The molecule has 38 heavy (non-hydrogen) atoms. The van der Waals surface area contributed by atoms with Crippen molar-refractivity contribution in [3.8, 4) is 5.75 Å². The number of hydrogen-bond acceptors (Lipinski definition) is 3. The van der Waals surface area contributed by atoms with Gasteiger partial charge < -0.3 is 9.47 Å². The molecule has 1 fully saturated rings. The Morgan fingerprint density at radius 1 is 1.05 bits per heavy atom. The third kappa shape index (κ3) is 5.49. The third-order valence-electron chi connectivity index (χ3n) is 7.51. The molecule has 2 atom stereocenters. The first-order valence-electron chi connectivity index (χ1n) is 13.3. The first-order valence-corrected chi connectivity index (χ1v) is 13.7. The quantitative estimate of drug-likeness (QED) is 0.168. The summed E-state index contributed by atoms with van der Waals surface area (Å²) in [5, 5.41) is 0.689. The molecule has 0 N–H and O–H groups in total. The summed E-state index contributed by atoms with van der Waals surface area (Å²) in [6, 6.07) is 23.1. The Bertz CT molecular complexity index is 1430. The van der Waals surface area contributed by atoms with E-state index in [1.165, 1.54) is 40.3 Å². The Kier molecular flexibility index (Phi) is 7.85. The molecule has 3 nitrogen and oxygen atoms in total. The van der Waals surface area contributed by atoms with Crippen molar-refractivity contribution in [2.75, 3.05) is 13.7 Å². The van der Waals surface area contributed by atoms with Crippen molar-refractivity contribution in [1.82, 2.24) is 0 Å². The maximum atomic E-state index is 11.8. The fraction of sp³-hybridized carbons (Fsp3) is 0.265. The van der Waals surface area contributed by atoms with Gasteiger partial charge in [0.2, 0.25) is 0 Å². The lowest BCUT2D eigenvalue weighted by atomic mass is 9.85. The second kappa shape index (κ2) is 11.4. The highest BCUT2D eigenvalue weighted by atomic mass is 35.5. The number of benzene rings is 3. The van der Waals surface area contributed by atoms with E-state index in [-0.39, 0.29) is 5.97 Å². The van der Waals surface area contributed by atoms with Crippen LogP contribution in [0.3, 0.4) is 0 Å². The molecule has 4 heteroatoms. The molecular formula is C34H33ClO3. The molecule has 0 aromatic heterocycles. The smallest absolute Gasteiger partial charge is 0.330 e. The number of allylic oxidation sites excluding steroid dienone is 3. The van der Waals surface area contributed by atoms with Crippen molar-refractivity contribution in [3.63, 3.8) is 0 Å². The van der Waals surface area contributed by atoms with Gasteiger partial charge in [0.25, 0.3) is 0 Å². The van der Waals surface area contributed by atoms with Crippen molar-refractivity contribution in [1.29, 1.82) is 0 Å². The summed E-state index contributed by atoms with van der Waals surface area (Å²) >= 11 is 6.85. The molecule has 0 radical (unpaired) electrons. The van der Waals surface area contributed by atoms with E-state index in [1.807, 2.05) is 12.1 Å². The van der Waals surface area contributed by atoms with Gasteiger partial charge in [-0.2, -0.15) is 0 Å². The number of rotatable bonds is 8. The Hall–Kier alpha value is -3.56. The Morgan fingerprint density at radius 2 is 1.84 bits per heavy atom. The molecule has 194 valence electrons. The molecule has 0 heterocycles. The summed E-state index contributed by atoms with van der Waals surface area (Å²) < 4.78 is 10.4. The van der Waals surface area contributed by atoms with Crippen molar-refractivity contribution < 1.29 is 14.3 Å². The van der Waals surface area contributed by atoms with E-state index in [4.69, 9.17) is 21.1 Å². The van der Waals surface area contributed by atoms with E-state index < -0.39 is 0 Å². The number of ether oxygens (including phenoxy) is 2. The molecule has 0 bridgehead atoms. The number of methoxy groups -OCH3 is 1. The maximum Gasteiger partial charge on any atom is 0.330 e. The molecule has 5 rings (SSSR count). The van der Waals surface area contributed by atoms with Crippen LogP contribution >= 0.6 is 11.6 Å². The van der Waals surface area contributed by atoms with Gasteiger partial charge in [-0.15, -0.1) is 0 Å². The van der Waals surface area contributed by atoms with Crippen molar-refractivity contribution in [2.45, 2.75) is 33.1 Å². The number of fused-ring (bicyclic) bond motifs is 2. The molecule has 1 saturated carbocycles. The second-order valence-electron chi connectivity index (χ2n) is 9.87. The van der Waals surface area contributed by atoms with E-state index >= 15 is 0 Å². The lowest BCUT2D eigenvalue weighted by Crippen LogP contribution is -2.00. The summed E-state index contributed by atoms with van der Waals surface area (Å²) in [5.41, 5.74) is 9.73. The summed E-state index contributed by atoms with van der Waals surface area (Å²) in [7, 11) is 1.66. The minimum absolute atomic E-state index is 0.332. The highest BCUT2D eigenvalue weighted by Crippen LogP contribution is 2.55. The first-order chi connectivity index (χ1) is 18.5. The number of halogens is 1. The van der Waals surface area contributed by atoms with E-state index in [0.717, 1.165) is 35.3 Å². The number of carbonyl (C=O) groups excluding carboxylic acids is 1. The van der Waals surface area contributed by atoms with Gasteiger partial charge in [-0.1, -0.05) is 73.1 Å². The van der Waals surface area contributed by atoms with E-state index in [2.05, 4.69) is 67.6 Å². The average Bonchev–Trinajstić information content (AvgIpc) is 3.71. The topological polar surface area (TPSA) is 35.5 Å². The molecule has 0 saturated heterocycles. The fourth-order valence-electron chi connectivity index (χ4n) is 5.53. The van der Waals surface area contributed by atoms with Gasteiger partial charge in [0.05, 0.1) is 18.7 Å². The molecule has 3 aromatic rings. The zero-order chi connectivity index (χ0) is 26.6. The predicted octanol–water partition coefficient (Wildman–Crippen LogP) is 8.52. The summed E-state index contributed by atoms with van der Waals surface area (Å²) in [6.45, 7) is 4.37. The summed E-state index contributed by atoms with van der Waals surface area (Å²) in [4.78, 5) is 11.8. The van der Waals surface area contributed by atoms with Gasteiger partial charge >= 0.3 is 5.97 Å². The minimum atomic E-state index is -0.332. The van der Waals surface area contributed by atoms with E-state index in [0.29, 0.717) is 23.5 Å². The highest BCUT2D eigenvalue weighted by molar-refractivity contribution is 6.33. The second-order valence-corrected chi connectivity index (χ2v) is 10.3. The van der Waals surface area contributed by atoms with Gasteiger partial charge in [0, 0.05) is 6.08 Å². The van der Waals surface area contributed by atoms with Gasteiger partial charge in [-0.25, -0.2) is 4.79 Å². The summed E-state index contributed by atoms with van der Waals surface area (Å²) in [5.74, 6) is 1.61. The normalized spacial score (nSPS) is 18.6. The maximum absolute atomic E-state index is 11.8. The van der Waals surface area contributed by atoms with Crippen molar-refractivity contribution >= 4 is 40.9 Å².